The summed E-state index contributed by atoms with van der Waals surface area (Å²) in [6, 6.07) is 8.42. The van der Waals surface area contributed by atoms with E-state index in [4.69, 9.17) is 4.84 Å². The molecule has 0 amide bonds. The van der Waals surface area contributed by atoms with Crippen LogP contribution in [0.25, 0.3) is 0 Å². The van der Waals surface area contributed by atoms with Crippen LogP contribution in [0, 0.1) is 3.57 Å². The molecule has 1 aromatic rings. The third-order valence-electron chi connectivity index (χ3n) is 3.98. The summed E-state index contributed by atoms with van der Waals surface area (Å²) in [7, 11) is 0. The molecule has 0 aliphatic carbocycles. The van der Waals surface area contributed by atoms with Crippen molar-refractivity contribution in [2.24, 2.45) is 0 Å². The predicted molar refractivity (Wildman–Crippen MR) is 87.8 cm³/mol. The number of benzene rings is 1. The summed E-state index contributed by atoms with van der Waals surface area (Å²) >= 11 is 2.37. The zero-order valence-corrected chi connectivity index (χ0v) is 14.5. The highest BCUT2D eigenvalue weighted by Gasteiger charge is 2.42. The van der Waals surface area contributed by atoms with Crippen LogP contribution >= 0.6 is 22.6 Å². The van der Waals surface area contributed by atoms with Crippen LogP contribution in [0.5, 0.6) is 0 Å². The molecule has 1 fully saturated rings. The van der Waals surface area contributed by atoms with Crippen LogP contribution < -0.4 is 0 Å². The minimum atomic E-state index is 0.113. The maximum atomic E-state index is 6.21. The van der Waals surface area contributed by atoms with Gasteiger partial charge in [0.1, 0.15) is 0 Å². The zero-order chi connectivity index (χ0) is 14.1. The summed E-state index contributed by atoms with van der Waals surface area (Å²) in [5.74, 6) is 0. The lowest BCUT2D eigenvalue weighted by Crippen LogP contribution is -2.58. The van der Waals surface area contributed by atoms with E-state index in [0.717, 1.165) is 0 Å². The molecule has 0 radical (unpaired) electrons. The van der Waals surface area contributed by atoms with Crippen LogP contribution in [0.3, 0.4) is 0 Å². The van der Waals surface area contributed by atoms with Crippen LogP contribution in [0.15, 0.2) is 24.3 Å². The molecule has 1 saturated heterocycles. The summed E-state index contributed by atoms with van der Waals surface area (Å²) in [6.07, 6.45) is 3.67. The van der Waals surface area contributed by atoms with E-state index >= 15 is 0 Å². The van der Waals surface area contributed by atoms with Gasteiger partial charge in [0.2, 0.25) is 0 Å². The molecular formula is C16H24INO. The van der Waals surface area contributed by atoms with Gasteiger partial charge in [-0.05, 0) is 81.2 Å². The second kappa shape index (κ2) is 5.70. The normalized spacial score (nSPS) is 22.4. The maximum Gasteiger partial charge on any atom is 0.0946 e. The topological polar surface area (TPSA) is 12.5 Å². The van der Waals surface area contributed by atoms with Gasteiger partial charge in [-0.15, -0.1) is 0 Å². The third-order valence-corrected chi connectivity index (χ3v) is 5.04. The Morgan fingerprint density at radius 2 is 1.68 bits per heavy atom. The first-order valence-electron chi connectivity index (χ1n) is 7.00. The van der Waals surface area contributed by atoms with Crippen LogP contribution in [0.2, 0.25) is 0 Å². The van der Waals surface area contributed by atoms with Gasteiger partial charge < -0.3 is 0 Å². The molecule has 1 aromatic carbocycles. The van der Waals surface area contributed by atoms with Crippen molar-refractivity contribution in [3.05, 3.63) is 33.4 Å². The predicted octanol–water partition coefficient (Wildman–Crippen LogP) is 4.77. The first-order valence-corrected chi connectivity index (χ1v) is 8.07. The van der Waals surface area contributed by atoms with E-state index in [2.05, 4.69) is 79.6 Å². The largest absolute Gasteiger partial charge is 0.293 e. The van der Waals surface area contributed by atoms with Gasteiger partial charge in [0.15, 0.2) is 0 Å². The number of halogens is 1. The number of nitrogens with zero attached hydrogens (tertiary/aromatic N) is 1. The van der Waals surface area contributed by atoms with E-state index in [0.29, 0.717) is 6.61 Å². The van der Waals surface area contributed by atoms with Crippen molar-refractivity contribution >= 4 is 22.6 Å². The molecule has 0 saturated carbocycles. The number of hydroxylamine groups is 2. The fourth-order valence-corrected chi connectivity index (χ4v) is 3.62. The molecule has 1 aliphatic heterocycles. The molecule has 0 bridgehead atoms. The number of piperidine rings is 1. The summed E-state index contributed by atoms with van der Waals surface area (Å²) < 4.78 is 1.27. The molecular weight excluding hydrogens is 349 g/mol. The second-order valence-corrected chi connectivity index (χ2v) is 7.80. The Bertz CT molecular complexity index is 426. The Hall–Kier alpha value is -0.130. The molecule has 0 spiro atoms. The first kappa shape index (κ1) is 15.3. The maximum absolute atomic E-state index is 6.21. The molecule has 1 heterocycles. The molecule has 2 rings (SSSR count). The number of rotatable bonds is 3. The van der Waals surface area contributed by atoms with Gasteiger partial charge in [0.25, 0.3) is 0 Å². The van der Waals surface area contributed by atoms with Gasteiger partial charge >= 0.3 is 0 Å². The zero-order valence-electron chi connectivity index (χ0n) is 12.4. The van der Waals surface area contributed by atoms with Gasteiger partial charge in [0.05, 0.1) is 6.61 Å². The van der Waals surface area contributed by atoms with Gasteiger partial charge in [-0.2, -0.15) is 5.06 Å². The fourth-order valence-electron chi connectivity index (χ4n) is 3.08. The van der Waals surface area contributed by atoms with Crippen LogP contribution in [0.1, 0.15) is 52.5 Å². The second-order valence-electron chi connectivity index (χ2n) is 6.64. The molecule has 0 aromatic heterocycles. The van der Waals surface area contributed by atoms with Crippen LogP contribution in [-0.2, 0) is 11.4 Å². The van der Waals surface area contributed by atoms with Crippen molar-refractivity contribution in [3.63, 3.8) is 0 Å². The Balaban J connectivity index is 2.10. The van der Waals surface area contributed by atoms with Crippen molar-refractivity contribution in [2.75, 3.05) is 0 Å². The number of hydrogen-bond donors (Lipinski definition) is 0. The Morgan fingerprint density at radius 3 is 2.26 bits per heavy atom. The average molecular weight is 373 g/mol. The van der Waals surface area contributed by atoms with E-state index in [1.54, 1.807) is 0 Å². The molecule has 19 heavy (non-hydrogen) atoms. The summed E-state index contributed by atoms with van der Waals surface area (Å²) in [5.41, 5.74) is 1.49. The Labute approximate surface area is 130 Å². The van der Waals surface area contributed by atoms with Gasteiger partial charge in [-0.25, -0.2) is 0 Å². The highest BCUT2D eigenvalue weighted by atomic mass is 127. The van der Waals surface area contributed by atoms with Gasteiger partial charge in [0, 0.05) is 14.6 Å². The van der Waals surface area contributed by atoms with E-state index < -0.39 is 0 Å². The molecule has 0 atom stereocenters. The highest BCUT2D eigenvalue weighted by Crippen LogP contribution is 2.38. The first-order chi connectivity index (χ1) is 8.83. The fraction of sp³-hybridized carbons (Fsp3) is 0.625. The standard InChI is InChI=1S/C16H24INO/c1-15(2)10-7-11-16(3,4)18(15)19-12-13-8-5-6-9-14(13)17/h5-6,8-9H,7,10-12H2,1-4H3. The van der Waals surface area contributed by atoms with E-state index in [9.17, 15) is 0 Å². The minimum absolute atomic E-state index is 0.113. The smallest absolute Gasteiger partial charge is 0.0946 e. The van der Waals surface area contributed by atoms with Crippen LogP contribution in [-0.4, -0.2) is 16.1 Å². The molecule has 2 nitrogen and oxygen atoms in total. The lowest BCUT2D eigenvalue weighted by Gasteiger charge is -2.51. The van der Waals surface area contributed by atoms with Crippen molar-refractivity contribution in [2.45, 2.75) is 64.6 Å². The van der Waals surface area contributed by atoms with Crippen molar-refractivity contribution < 1.29 is 4.84 Å². The highest BCUT2D eigenvalue weighted by molar-refractivity contribution is 14.1. The molecule has 1 aliphatic rings. The molecule has 3 heteroatoms. The molecule has 0 N–H and O–H groups in total. The average Bonchev–Trinajstić information content (AvgIpc) is 2.29. The minimum Gasteiger partial charge on any atom is -0.293 e. The van der Waals surface area contributed by atoms with E-state index in [-0.39, 0.29) is 11.1 Å². The Morgan fingerprint density at radius 1 is 1.11 bits per heavy atom. The van der Waals surface area contributed by atoms with Crippen molar-refractivity contribution in [3.8, 4) is 0 Å². The van der Waals surface area contributed by atoms with Gasteiger partial charge in [-0.1, -0.05) is 18.2 Å². The quantitative estimate of drug-likeness (QED) is 0.708. The van der Waals surface area contributed by atoms with Crippen molar-refractivity contribution in [1.29, 1.82) is 0 Å². The Kier molecular flexibility index (Phi) is 4.58. The van der Waals surface area contributed by atoms with Gasteiger partial charge in [-0.3, -0.25) is 4.84 Å². The summed E-state index contributed by atoms with van der Waals surface area (Å²) in [4.78, 5) is 6.21. The molecule has 106 valence electrons. The summed E-state index contributed by atoms with van der Waals surface area (Å²) in [5, 5.41) is 2.23. The van der Waals surface area contributed by atoms with E-state index in [1.165, 1.54) is 28.4 Å². The number of hydrogen-bond acceptors (Lipinski definition) is 2. The lowest BCUT2D eigenvalue weighted by atomic mass is 9.82. The van der Waals surface area contributed by atoms with Crippen LogP contribution in [0.4, 0.5) is 0 Å². The lowest BCUT2D eigenvalue weighted by molar-refractivity contribution is -0.288. The SMILES string of the molecule is CC1(C)CCCC(C)(C)N1OCc1ccccc1I. The van der Waals surface area contributed by atoms with E-state index in [1.807, 2.05) is 0 Å². The monoisotopic (exact) mass is 373 g/mol. The third kappa shape index (κ3) is 3.50. The summed E-state index contributed by atoms with van der Waals surface area (Å²) in [6.45, 7) is 9.79. The van der Waals surface area contributed by atoms with Crippen molar-refractivity contribution in [1.82, 2.24) is 5.06 Å². The molecule has 0 unspecified atom stereocenters.